The number of benzene rings is 8. The van der Waals surface area contributed by atoms with E-state index in [4.69, 9.17) is 15.0 Å². The smallest absolute Gasteiger partial charge is 0.164 e. The molecule has 0 radical (unpaired) electrons. The van der Waals surface area contributed by atoms with Gasteiger partial charge in [0.15, 0.2) is 17.5 Å². The summed E-state index contributed by atoms with van der Waals surface area (Å²) in [4.78, 5) is 15.0. The van der Waals surface area contributed by atoms with Crippen LogP contribution in [0.15, 0.2) is 200 Å². The number of nitrogens with zero attached hydrogens (tertiary/aromatic N) is 3. The van der Waals surface area contributed by atoms with Crippen LogP contribution >= 0.6 is 0 Å². The van der Waals surface area contributed by atoms with Gasteiger partial charge in [-0.15, -0.1) is 0 Å². The van der Waals surface area contributed by atoms with Crippen molar-refractivity contribution in [2.75, 3.05) is 0 Å². The Bertz CT molecular complexity index is 2960. The van der Waals surface area contributed by atoms with Gasteiger partial charge in [0.05, 0.1) is 0 Å². The van der Waals surface area contributed by atoms with E-state index in [0.29, 0.717) is 17.5 Å². The number of hydrogen-bond acceptors (Lipinski definition) is 3. The van der Waals surface area contributed by atoms with Gasteiger partial charge >= 0.3 is 0 Å². The van der Waals surface area contributed by atoms with E-state index in [-0.39, 0.29) is 5.41 Å². The Morgan fingerprint density at radius 1 is 0.283 bits per heavy atom. The standard InChI is InChI=1S/C57H43N3/c1-4-14-39(15-5-1)40-26-32-45(33-27-40)55-58-54(44-16-6-2-7-17-44)59-56(60-55)46-34-28-42(29-35-46)48-19-12-18-47(38-48)41-24-30-43(31-25-41)49-21-13-22-51-50-20-8-9-23-52(50)57(53(49)51)36-10-3-11-37-57/h1-2,4-9,12-35,38H,3,10-11,36-37H2. The van der Waals surface area contributed by atoms with Crippen LogP contribution in [0, 0.1) is 0 Å². The fraction of sp³-hybridized carbons (Fsp3) is 0.105. The predicted octanol–water partition coefficient (Wildman–Crippen LogP) is 14.8. The maximum absolute atomic E-state index is 5.02. The second-order valence-electron chi connectivity index (χ2n) is 16.3. The highest BCUT2D eigenvalue weighted by molar-refractivity contribution is 5.89. The minimum atomic E-state index is 0.119. The molecule has 0 unspecified atom stereocenters. The second kappa shape index (κ2) is 15.2. The lowest BCUT2D eigenvalue weighted by atomic mass is 9.66. The highest BCUT2D eigenvalue weighted by Gasteiger charge is 2.45. The molecule has 1 heterocycles. The summed E-state index contributed by atoms with van der Waals surface area (Å²) in [5, 5.41) is 0. The lowest BCUT2D eigenvalue weighted by molar-refractivity contribution is 0.353. The van der Waals surface area contributed by atoms with Gasteiger partial charge in [-0.2, -0.15) is 0 Å². The summed E-state index contributed by atoms with van der Waals surface area (Å²) in [5.41, 5.74) is 18.6. The van der Waals surface area contributed by atoms with Crippen molar-refractivity contribution >= 4 is 0 Å². The molecule has 1 saturated carbocycles. The molecule has 60 heavy (non-hydrogen) atoms. The van der Waals surface area contributed by atoms with Crippen LogP contribution < -0.4 is 0 Å². The van der Waals surface area contributed by atoms with Crippen molar-refractivity contribution in [2.24, 2.45) is 0 Å². The predicted molar refractivity (Wildman–Crippen MR) is 247 cm³/mol. The van der Waals surface area contributed by atoms with E-state index in [1.807, 2.05) is 36.4 Å². The molecule has 9 aromatic rings. The van der Waals surface area contributed by atoms with Gasteiger partial charge in [-0.1, -0.05) is 213 Å². The van der Waals surface area contributed by atoms with Gasteiger partial charge in [-0.3, -0.25) is 0 Å². The van der Waals surface area contributed by atoms with Crippen LogP contribution in [0.4, 0.5) is 0 Å². The van der Waals surface area contributed by atoms with E-state index in [9.17, 15) is 0 Å². The van der Waals surface area contributed by atoms with Crippen LogP contribution in [0.2, 0.25) is 0 Å². The van der Waals surface area contributed by atoms with E-state index >= 15 is 0 Å². The first kappa shape index (κ1) is 35.9. The summed E-state index contributed by atoms with van der Waals surface area (Å²) in [7, 11) is 0. The third-order valence-electron chi connectivity index (χ3n) is 12.8. The molecule has 11 rings (SSSR count). The Morgan fingerprint density at radius 3 is 1.25 bits per heavy atom. The average Bonchev–Trinajstić information content (AvgIpc) is 3.60. The molecule has 0 N–H and O–H groups in total. The lowest BCUT2D eigenvalue weighted by Crippen LogP contribution is -2.28. The normalized spacial score (nSPS) is 13.8. The van der Waals surface area contributed by atoms with Crippen LogP contribution in [0.25, 0.3) is 89.8 Å². The molecular weight excluding hydrogens is 727 g/mol. The largest absolute Gasteiger partial charge is 0.208 e. The van der Waals surface area contributed by atoms with Crippen LogP contribution in [-0.4, -0.2) is 15.0 Å². The Morgan fingerprint density at radius 2 is 0.667 bits per heavy atom. The first-order valence-corrected chi connectivity index (χ1v) is 21.2. The summed E-state index contributed by atoms with van der Waals surface area (Å²) in [5.74, 6) is 1.95. The third-order valence-corrected chi connectivity index (χ3v) is 12.8. The van der Waals surface area contributed by atoms with Gasteiger partial charge < -0.3 is 0 Å². The molecule has 1 spiro atoms. The maximum atomic E-state index is 5.02. The van der Waals surface area contributed by atoms with Crippen LogP contribution in [0.5, 0.6) is 0 Å². The first-order chi connectivity index (χ1) is 29.7. The van der Waals surface area contributed by atoms with E-state index in [1.165, 1.54) is 82.2 Å². The molecule has 2 aliphatic carbocycles. The highest BCUT2D eigenvalue weighted by Crippen LogP contribution is 2.58. The molecule has 3 nitrogen and oxygen atoms in total. The van der Waals surface area contributed by atoms with Gasteiger partial charge in [0.1, 0.15) is 0 Å². The summed E-state index contributed by atoms with van der Waals surface area (Å²) < 4.78 is 0. The summed E-state index contributed by atoms with van der Waals surface area (Å²) in [6, 6.07) is 71.8. The molecular formula is C57H43N3. The molecule has 0 saturated heterocycles. The molecule has 3 heteroatoms. The molecule has 286 valence electrons. The Kier molecular flexibility index (Phi) is 9.08. The van der Waals surface area contributed by atoms with E-state index < -0.39 is 0 Å². The minimum absolute atomic E-state index is 0.119. The number of hydrogen-bond donors (Lipinski definition) is 0. The zero-order chi connectivity index (χ0) is 39.9. The second-order valence-corrected chi connectivity index (χ2v) is 16.3. The van der Waals surface area contributed by atoms with Crippen molar-refractivity contribution in [3.8, 4) is 89.8 Å². The molecule has 1 fully saturated rings. The Labute approximate surface area is 352 Å². The van der Waals surface area contributed by atoms with Crippen LogP contribution in [-0.2, 0) is 5.41 Å². The number of fused-ring (bicyclic) bond motifs is 5. The van der Waals surface area contributed by atoms with Crippen molar-refractivity contribution in [1.29, 1.82) is 0 Å². The third kappa shape index (κ3) is 6.44. The Balaban J connectivity index is 0.884. The summed E-state index contributed by atoms with van der Waals surface area (Å²) in [6.45, 7) is 0. The zero-order valence-electron chi connectivity index (χ0n) is 33.4. The van der Waals surface area contributed by atoms with Gasteiger partial charge in [-0.25, -0.2) is 15.0 Å². The van der Waals surface area contributed by atoms with Crippen molar-refractivity contribution < 1.29 is 0 Å². The van der Waals surface area contributed by atoms with Crippen molar-refractivity contribution in [2.45, 2.75) is 37.5 Å². The molecule has 1 aromatic heterocycles. The number of aromatic nitrogens is 3. The lowest BCUT2D eigenvalue weighted by Gasteiger charge is -2.37. The van der Waals surface area contributed by atoms with Crippen LogP contribution in [0.3, 0.4) is 0 Å². The quantitative estimate of drug-likeness (QED) is 0.162. The van der Waals surface area contributed by atoms with Gasteiger partial charge in [0.25, 0.3) is 0 Å². The van der Waals surface area contributed by atoms with Crippen molar-refractivity contribution in [1.82, 2.24) is 15.0 Å². The molecule has 0 amide bonds. The van der Waals surface area contributed by atoms with Crippen molar-refractivity contribution in [3.05, 3.63) is 211 Å². The highest BCUT2D eigenvalue weighted by atomic mass is 15.0. The van der Waals surface area contributed by atoms with E-state index in [2.05, 4.69) is 164 Å². The summed E-state index contributed by atoms with van der Waals surface area (Å²) >= 11 is 0. The molecule has 0 atom stereocenters. The fourth-order valence-electron chi connectivity index (χ4n) is 9.80. The number of rotatable bonds is 7. The summed E-state index contributed by atoms with van der Waals surface area (Å²) in [6.07, 6.45) is 6.38. The van der Waals surface area contributed by atoms with Gasteiger partial charge in [0, 0.05) is 22.1 Å². The minimum Gasteiger partial charge on any atom is -0.208 e. The first-order valence-electron chi connectivity index (χ1n) is 21.2. The molecule has 0 aliphatic heterocycles. The topological polar surface area (TPSA) is 38.7 Å². The SMILES string of the molecule is c1ccc(-c2ccc(-c3nc(-c4ccccc4)nc(-c4ccc(-c5cccc(-c6ccc(-c7cccc8c7C7(CCCCC7)c7ccccc7-8)cc6)c5)cc4)n3)cc2)cc1. The monoisotopic (exact) mass is 769 g/mol. The average molecular weight is 770 g/mol. The Hall–Kier alpha value is -7.23. The fourth-order valence-corrected chi connectivity index (χ4v) is 9.80. The molecule has 2 aliphatic rings. The molecule has 8 aromatic carbocycles. The van der Waals surface area contributed by atoms with Gasteiger partial charge in [-0.05, 0) is 85.7 Å². The molecule has 0 bridgehead atoms. The van der Waals surface area contributed by atoms with Crippen LogP contribution in [0.1, 0.15) is 43.2 Å². The zero-order valence-corrected chi connectivity index (χ0v) is 33.4. The maximum Gasteiger partial charge on any atom is 0.164 e. The van der Waals surface area contributed by atoms with E-state index in [0.717, 1.165) is 27.8 Å². The van der Waals surface area contributed by atoms with Crippen molar-refractivity contribution in [3.63, 3.8) is 0 Å². The van der Waals surface area contributed by atoms with Gasteiger partial charge in [0.2, 0.25) is 0 Å². The van der Waals surface area contributed by atoms with E-state index in [1.54, 1.807) is 5.56 Å².